The van der Waals surface area contributed by atoms with Crippen LogP contribution in [0.4, 0.5) is 0 Å². The zero-order chi connectivity index (χ0) is 21.3. The molecule has 1 saturated heterocycles. The molecule has 2 aliphatic heterocycles. The third-order valence-electron chi connectivity index (χ3n) is 5.07. The molecule has 2 amide bonds. The predicted molar refractivity (Wildman–Crippen MR) is 115 cm³/mol. The number of carbonyl (C=O) groups is 2. The number of nitrogens with one attached hydrogen (secondary N) is 2. The van der Waals surface area contributed by atoms with Gasteiger partial charge in [-0.05, 0) is 54.4 Å². The van der Waals surface area contributed by atoms with Gasteiger partial charge in [-0.15, -0.1) is 11.8 Å². The van der Waals surface area contributed by atoms with E-state index in [2.05, 4.69) is 10.6 Å². The average Bonchev–Trinajstić information content (AvgIpc) is 2.74. The molecule has 2 aromatic rings. The van der Waals surface area contributed by atoms with Crippen LogP contribution in [0.1, 0.15) is 28.4 Å². The summed E-state index contributed by atoms with van der Waals surface area (Å²) in [6, 6.07) is 11.3. The van der Waals surface area contributed by atoms with Gasteiger partial charge < -0.3 is 10.6 Å². The molecule has 1 unspecified atom stereocenters. The minimum atomic E-state index is -3.79. The second-order valence-electron chi connectivity index (χ2n) is 7.06. The highest BCUT2D eigenvalue weighted by molar-refractivity contribution is 7.99. The van der Waals surface area contributed by atoms with Crippen molar-refractivity contribution >= 4 is 45.2 Å². The minimum Gasteiger partial charge on any atom is -0.354 e. The maximum absolute atomic E-state index is 12.7. The van der Waals surface area contributed by atoms with Crippen LogP contribution in [0.3, 0.4) is 0 Å². The molecular formula is C20H20ClN3O4S2. The zero-order valence-corrected chi connectivity index (χ0v) is 18.3. The van der Waals surface area contributed by atoms with Crippen LogP contribution in [0.2, 0.25) is 5.02 Å². The first-order chi connectivity index (χ1) is 14.3. The van der Waals surface area contributed by atoms with E-state index in [0.29, 0.717) is 10.6 Å². The van der Waals surface area contributed by atoms with Gasteiger partial charge in [0, 0.05) is 34.3 Å². The molecule has 1 atom stereocenters. The molecule has 0 saturated carbocycles. The molecule has 1 fully saturated rings. The molecule has 2 N–H and O–H groups in total. The van der Waals surface area contributed by atoms with Crippen molar-refractivity contribution in [2.45, 2.75) is 22.3 Å². The monoisotopic (exact) mass is 465 g/mol. The third kappa shape index (κ3) is 4.34. The van der Waals surface area contributed by atoms with Crippen molar-refractivity contribution in [2.24, 2.45) is 0 Å². The predicted octanol–water partition coefficient (Wildman–Crippen LogP) is 2.43. The molecule has 2 aliphatic rings. The Labute approximate surface area is 184 Å². The van der Waals surface area contributed by atoms with Crippen molar-refractivity contribution in [3.63, 3.8) is 0 Å². The molecule has 0 bridgehead atoms. The fourth-order valence-electron chi connectivity index (χ4n) is 3.50. The minimum absolute atomic E-state index is 0.0555. The van der Waals surface area contributed by atoms with Gasteiger partial charge in [0.15, 0.2) is 0 Å². The maximum Gasteiger partial charge on any atom is 0.251 e. The summed E-state index contributed by atoms with van der Waals surface area (Å²) >= 11 is 7.85. The molecule has 2 heterocycles. The molecule has 10 heteroatoms. The number of rotatable bonds is 4. The highest BCUT2D eigenvalue weighted by Crippen LogP contribution is 2.37. The first-order valence-corrected chi connectivity index (χ1v) is 12.2. The summed E-state index contributed by atoms with van der Waals surface area (Å²) in [7, 11) is -3.79. The van der Waals surface area contributed by atoms with Gasteiger partial charge in [0.1, 0.15) is 0 Å². The SMILES string of the molecule is O=C1CN(S(=O)(=O)c2ccc(C(=O)NC3CCSc4ccc(Cl)cc43)cc2)CCN1. The van der Waals surface area contributed by atoms with Crippen molar-refractivity contribution in [3.05, 3.63) is 58.6 Å². The lowest BCUT2D eigenvalue weighted by Gasteiger charge is -2.26. The van der Waals surface area contributed by atoms with Crippen LogP contribution in [-0.4, -0.2) is 49.9 Å². The van der Waals surface area contributed by atoms with Gasteiger partial charge in [-0.25, -0.2) is 8.42 Å². The van der Waals surface area contributed by atoms with Gasteiger partial charge in [0.05, 0.1) is 17.5 Å². The molecule has 7 nitrogen and oxygen atoms in total. The molecule has 158 valence electrons. The van der Waals surface area contributed by atoms with Crippen LogP contribution in [-0.2, 0) is 14.8 Å². The molecule has 4 rings (SSSR count). The molecule has 30 heavy (non-hydrogen) atoms. The highest BCUT2D eigenvalue weighted by atomic mass is 35.5. The standard InChI is InChI=1S/C20H20ClN3O4S2/c21-14-3-6-18-16(11-14)17(7-10-29-18)23-20(26)13-1-4-15(5-2-13)30(27,28)24-9-8-22-19(25)12-24/h1-6,11,17H,7-10,12H2,(H,22,25)(H,23,26). The molecule has 0 aliphatic carbocycles. The molecular weight excluding hydrogens is 446 g/mol. The lowest BCUT2D eigenvalue weighted by atomic mass is 10.0. The van der Waals surface area contributed by atoms with Crippen molar-refractivity contribution in [1.29, 1.82) is 0 Å². The lowest BCUT2D eigenvalue weighted by Crippen LogP contribution is -2.49. The second-order valence-corrected chi connectivity index (χ2v) is 10.6. The van der Waals surface area contributed by atoms with Crippen molar-refractivity contribution in [2.75, 3.05) is 25.4 Å². The third-order valence-corrected chi connectivity index (χ3v) is 8.29. The number of fused-ring (bicyclic) bond motifs is 1. The van der Waals surface area contributed by atoms with E-state index in [-0.39, 0.29) is 42.4 Å². The van der Waals surface area contributed by atoms with E-state index in [1.165, 1.54) is 24.3 Å². The Morgan fingerprint density at radius 3 is 2.70 bits per heavy atom. The van der Waals surface area contributed by atoms with Gasteiger partial charge in [-0.2, -0.15) is 4.31 Å². The van der Waals surface area contributed by atoms with Crippen LogP contribution < -0.4 is 10.6 Å². The van der Waals surface area contributed by atoms with E-state index in [0.717, 1.165) is 26.9 Å². The number of carbonyl (C=O) groups excluding carboxylic acids is 2. The summed E-state index contributed by atoms with van der Waals surface area (Å²) < 4.78 is 26.6. The Hall–Kier alpha value is -2.07. The van der Waals surface area contributed by atoms with E-state index in [4.69, 9.17) is 11.6 Å². The maximum atomic E-state index is 12.7. The number of halogens is 1. The van der Waals surface area contributed by atoms with E-state index in [1.54, 1.807) is 11.8 Å². The second kappa shape index (κ2) is 8.58. The number of hydrogen-bond acceptors (Lipinski definition) is 5. The fraction of sp³-hybridized carbons (Fsp3) is 0.300. The molecule has 0 aromatic heterocycles. The summed E-state index contributed by atoms with van der Waals surface area (Å²) in [5.41, 5.74) is 1.36. The van der Waals surface area contributed by atoms with Gasteiger partial charge in [-0.1, -0.05) is 11.6 Å². The number of benzene rings is 2. The zero-order valence-electron chi connectivity index (χ0n) is 15.9. The van der Waals surface area contributed by atoms with Crippen LogP contribution in [0.25, 0.3) is 0 Å². The summed E-state index contributed by atoms with van der Waals surface area (Å²) in [5.74, 6) is 0.283. The van der Waals surface area contributed by atoms with E-state index >= 15 is 0 Å². The number of nitrogens with zero attached hydrogens (tertiary/aromatic N) is 1. The Kier molecular flexibility index (Phi) is 6.06. The molecule has 0 spiro atoms. The van der Waals surface area contributed by atoms with Gasteiger partial charge in [-0.3, -0.25) is 9.59 Å². The normalized spacial score (nSPS) is 19.6. The van der Waals surface area contributed by atoms with E-state index in [9.17, 15) is 18.0 Å². The van der Waals surface area contributed by atoms with Gasteiger partial charge >= 0.3 is 0 Å². The van der Waals surface area contributed by atoms with Crippen molar-refractivity contribution in [1.82, 2.24) is 14.9 Å². The number of sulfonamides is 1. The number of hydrogen-bond donors (Lipinski definition) is 2. The smallest absolute Gasteiger partial charge is 0.251 e. The number of piperazine rings is 1. The largest absolute Gasteiger partial charge is 0.354 e. The Bertz CT molecular complexity index is 1090. The van der Waals surface area contributed by atoms with Crippen LogP contribution in [0, 0.1) is 0 Å². The average molecular weight is 466 g/mol. The van der Waals surface area contributed by atoms with Gasteiger partial charge in [0.2, 0.25) is 15.9 Å². The summed E-state index contributed by atoms with van der Waals surface area (Å²) in [6.07, 6.45) is 0.785. The lowest BCUT2D eigenvalue weighted by molar-refractivity contribution is -0.122. The topological polar surface area (TPSA) is 95.6 Å². The molecule has 0 radical (unpaired) electrons. The van der Waals surface area contributed by atoms with E-state index in [1.807, 2.05) is 18.2 Å². The quantitative estimate of drug-likeness (QED) is 0.723. The Balaban J connectivity index is 1.49. The van der Waals surface area contributed by atoms with Crippen LogP contribution >= 0.6 is 23.4 Å². The number of thioether (sulfide) groups is 1. The van der Waals surface area contributed by atoms with Crippen LogP contribution in [0.5, 0.6) is 0 Å². The first-order valence-electron chi connectivity index (χ1n) is 9.44. The summed E-state index contributed by atoms with van der Waals surface area (Å²) in [6.45, 7) is 0.300. The van der Waals surface area contributed by atoms with Gasteiger partial charge in [0.25, 0.3) is 5.91 Å². The van der Waals surface area contributed by atoms with Crippen LogP contribution in [0.15, 0.2) is 52.3 Å². The van der Waals surface area contributed by atoms with E-state index < -0.39 is 10.0 Å². The fourth-order valence-corrected chi connectivity index (χ4v) is 6.19. The summed E-state index contributed by atoms with van der Waals surface area (Å²) in [5, 5.41) is 6.25. The summed E-state index contributed by atoms with van der Waals surface area (Å²) in [4.78, 5) is 25.4. The Morgan fingerprint density at radius 1 is 1.20 bits per heavy atom. The Morgan fingerprint density at radius 2 is 1.97 bits per heavy atom. The van der Waals surface area contributed by atoms with Crippen molar-refractivity contribution in [3.8, 4) is 0 Å². The first kappa shape index (κ1) is 21.2. The van der Waals surface area contributed by atoms with Crippen molar-refractivity contribution < 1.29 is 18.0 Å². The molecule has 2 aromatic carbocycles. The number of amides is 2. The highest BCUT2D eigenvalue weighted by Gasteiger charge is 2.29.